The van der Waals surface area contributed by atoms with Crippen LogP contribution in [-0.4, -0.2) is 32.8 Å². The molecule has 0 spiro atoms. The number of amides is 2. The second kappa shape index (κ2) is 9.41. The van der Waals surface area contributed by atoms with Gasteiger partial charge in [-0.2, -0.15) is 0 Å². The molecule has 0 aliphatic carbocycles. The lowest BCUT2D eigenvalue weighted by Crippen LogP contribution is -2.22. The Labute approximate surface area is 181 Å². The van der Waals surface area contributed by atoms with E-state index in [2.05, 4.69) is 10.0 Å². The zero-order valence-corrected chi connectivity index (χ0v) is 17.5. The lowest BCUT2D eigenvalue weighted by molar-refractivity contribution is -0.119. The van der Waals surface area contributed by atoms with Gasteiger partial charge in [0, 0.05) is 11.3 Å². The van der Waals surface area contributed by atoms with Gasteiger partial charge in [-0.1, -0.05) is 18.2 Å². The molecule has 3 rings (SSSR count). The number of thiophene rings is 1. The zero-order valence-electron chi connectivity index (χ0n) is 15.9. The third-order valence-corrected chi connectivity index (χ3v) is 6.70. The van der Waals surface area contributed by atoms with E-state index in [0.29, 0.717) is 5.69 Å². The van der Waals surface area contributed by atoms with Crippen LogP contribution in [-0.2, 0) is 19.6 Å². The fraction of sp³-hybridized carbons (Fsp3) is 0.0500. The largest absolute Gasteiger partial charge is 0.452 e. The quantitative estimate of drug-likeness (QED) is 0.441. The van der Waals surface area contributed by atoms with E-state index < -0.39 is 34.4 Å². The molecule has 31 heavy (non-hydrogen) atoms. The normalized spacial score (nSPS) is 10.8. The van der Waals surface area contributed by atoms with Gasteiger partial charge in [-0.15, -0.1) is 11.3 Å². The van der Waals surface area contributed by atoms with Crippen molar-refractivity contribution in [3.8, 4) is 0 Å². The molecule has 0 fully saturated rings. The molecule has 0 unspecified atom stereocenters. The first-order valence-corrected chi connectivity index (χ1v) is 11.1. The van der Waals surface area contributed by atoms with Crippen LogP contribution in [0.2, 0.25) is 0 Å². The number of nitrogens with two attached hydrogens (primary N) is 1. The molecule has 1 heterocycles. The maximum atomic E-state index is 12.4. The summed E-state index contributed by atoms with van der Waals surface area (Å²) in [7, 11) is -3.86. The van der Waals surface area contributed by atoms with Crippen LogP contribution in [0.5, 0.6) is 0 Å². The molecule has 0 bridgehead atoms. The molecular weight excluding hydrogens is 442 g/mol. The SMILES string of the molecule is NC(=O)c1ccc(NC(=O)COC(=O)c2ccccc2NS(=O)(=O)c2cccs2)cc1. The van der Waals surface area contributed by atoms with Gasteiger partial charge in [-0.25, -0.2) is 13.2 Å². The van der Waals surface area contributed by atoms with Crippen LogP contribution in [0.3, 0.4) is 0 Å². The molecule has 9 nitrogen and oxygen atoms in total. The number of carbonyl (C=O) groups is 3. The second-order valence-corrected chi connectivity index (χ2v) is 9.01. The van der Waals surface area contributed by atoms with Gasteiger partial charge in [0.15, 0.2) is 6.61 Å². The van der Waals surface area contributed by atoms with Gasteiger partial charge in [0.25, 0.3) is 15.9 Å². The Morgan fingerprint density at radius 2 is 1.68 bits per heavy atom. The minimum absolute atomic E-state index is 0.0309. The van der Waals surface area contributed by atoms with Crippen LogP contribution in [0.1, 0.15) is 20.7 Å². The summed E-state index contributed by atoms with van der Waals surface area (Å²) in [6, 6.07) is 14.8. The highest BCUT2D eigenvalue weighted by Gasteiger charge is 2.20. The number of ether oxygens (including phenoxy) is 1. The fourth-order valence-electron chi connectivity index (χ4n) is 2.49. The molecule has 0 saturated heterocycles. The van der Waals surface area contributed by atoms with E-state index >= 15 is 0 Å². The van der Waals surface area contributed by atoms with E-state index in [1.165, 1.54) is 42.5 Å². The minimum Gasteiger partial charge on any atom is -0.452 e. The number of anilines is 2. The van der Waals surface area contributed by atoms with Gasteiger partial charge in [0.2, 0.25) is 5.91 Å². The van der Waals surface area contributed by atoms with Gasteiger partial charge < -0.3 is 15.8 Å². The zero-order chi connectivity index (χ0) is 22.4. The van der Waals surface area contributed by atoms with Crippen molar-refractivity contribution in [2.75, 3.05) is 16.6 Å². The van der Waals surface area contributed by atoms with Crippen molar-refractivity contribution >= 4 is 50.5 Å². The third-order valence-electron chi connectivity index (χ3n) is 3.94. The summed E-state index contributed by atoms with van der Waals surface area (Å²) in [6.07, 6.45) is 0. The molecule has 3 aromatic rings. The van der Waals surface area contributed by atoms with Crippen molar-refractivity contribution in [1.29, 1.82) is 0 Å². The van der Waals surface area contributed by atoms with E-state index in [4.69, 9.17) is 10.5 Å². The molecule has 2 amide bonds. The molecule has 0 aliphatic rings. The van der Waals surface area contributed by atoms with Crippen molar-refractivity contribution in [2.45, 2.75) is 4.21 Å². The molecule has 0 radical (unpaired) electrons. The molecule has 0 aliphatic heterocycles. The van der Waals surface area contributed by atoms with Gasteiger partial charge in [-0.3, -0.25) is 14.3 Å². The summed E-state index contributed by atoms with van der Waals surface area (Å²) >= 11 is 1.04. The first-order valence-electron chi connectivity index (χ1n) is 8.78. The molecule has 160 valence electrons. The smallest absolute Gasteiger partial charge is 0.340 e. The molecule has 0 atom stereocenters. The summed E-state index contributed by atoms with van der Waals surface area (Å²) < 4.78 is 32.3. The van der Waals surface area contributed by atoms with Crippen molar-refractivity contribution in [3.05, 3.63) is 77.2 Å². The van der Waals surface area contributed by atoms with Gasteiger partial charge >= 0.3 is 5.97 Å². The predicted molar refractivity (Wildman–Crippen MR) is 115 cm³/mol. The van der Waals surface area contributed by atoms with Crippen LogP contribution in [0.15, 0.2) is 70.3 Å². The average molecular weight is 460 g/mol. The van der Waals surface area contributed by atoms with E-state index in [-0.39, 0.29) is 21.0 Å². The first-order chi connectivity index (χ1) is 14.8. The number of carbonyl (C=O) groups excluding carboxylic acids is 3. The number of para-hydroxylation sites is 1. The molecule has 2 aromatic carbocycles. The highest BCUT2D eigenvalue weighted by atomic mass is 32.2. The monoisotopic (exact) mass is 459 g/mol. The maximum absolute atomic E-state index is 12.4. The van der Waals surface area contributed by atoms with E-state index in [0.717, 1.165) is 11.3 Å². The Hall–Kier alpha value is -3.70. The van der Waals surface area contributed by atoms with Crippen molar-refractivity contribution in [2.24, 2.45) is 5.73 Å². The maximum Gasteiger partial charge on any atom is 0.340 e. The van der Waals surface area contributed by atoms with E-state index in [1.54, 1.807) is 23.6 Å². The van der Waals surface area contributed by atoms with Crippen LogP contribution in [0.25, 0.3) is 0 Å². The first kappa shape index (κ1) is 22.0. The van der Waals surface area contributed by atoms with Gasteiger partial charge in [0.05, 0.1) is 11.3 Å². The van der Waals surface area contributed by atoms with Crippen LogP contribution >= 0.6 is 11.3 Å². The van der Waals surface area contributed by atoms with E-state index in [1.807, 2.05) is 0 Å². The van der Waals surface area contributed by atoms with E-state index in [9.17, 15) is 22.8 Å². The summed E-state index contributed by atoms with van der Waals surface area (Å²) in [5, 5.41) is 4.13. The Balaban J connectivity index is 1.63. The Kier molecular flexibility index (Phi) is 6.68. The van der Waals surface area contributed by atoms with Gasteiger partial charge in [0.1, 0.15) is 4.21 Å². The van der Waals surface area contributed by atoms with Crippen LogP contribution in [0, 0.1) is 0 Å². The standard InChI is InChI=1S/C20H17N3O6S2/c21-19(25)13-7-9-14(10-8-13)22-17(24)12-29-20(26)15-4-1-2-5-16(15)23-31(27,28)18-6-3-11-30-18/h1-11,23H,12H2,(H2,21,25)(H,22,24). The number of sulfonamides is 1. The molecule has 4 N–H and O–H groups in total. The predicted octanol–water partition coefficient (Wildman–Crippen LogP) is 2.44. The fourth-order valence-corrected chi connectivity index (χ4v) is 4.56. The Bertz CT molecular complexity index is 1210. The highest BCUT2D eigenvalue weighted by molar-refractivity contribution is 7.94. The number of hydrogen-bond donors (Lipinski definition) is 3. The number of primary amides is 1. The second-order valence-electron chi connectivity index (χ2n) is 6.15. The Morgan fingerprint density at radius 3 is 2.32 bits per heavy atom. The van der Waals surface area contributed by atoms with Crippen molar-refractivity contribution in [3.63, 3.8) is 0 Å². The minimum atomic E-state index is -3.86. The summed E-state index contributed by atoms with van der Waals surface area (Å²) in [5.74, 6) is -2.08. The molecule has 1 aromatic heterocycles. The van der Waals surface area contributed by atoms with Crippen molar-refractivity contribution in [1.82, 2.24) is 0 Å². The number of benzene rings is 2. The van der Waals surface area contributed by atoms with Gasteiger partial charge in [-0.05, 0) is 47.8 Å². The summed E-state index contributed by atoms with van der Waals surface area (Å²) in [5.41, 5.74) is 5.81. The third kappa shape index (κ3) is 5.68. The Morgan fingerprint density at radius 1 is 0.968 bits per heavy atom. The average Bonchev–Trinajstić information content (AvgIpc) is 3.28. The number of rotatable bonds is 8. The number of esters is 1. The molecule has 0 saturated carbocycles. The highest BCUT2D eigenvalue weighted by Crippen LogP contribution is 2.23. The van der Waals surface area contributed by atoms with Crippen LogP contribution < -0.4 is 15.8 Å². The topological polar surface area (TPSA) is 145 Å². The lowest BCUT2D eigenvalue weighted by Gasteiger charge is -2.11. The molecule has 11 heteroatoms. The summed E-state index contributed by atoms with van der Waals surface area (Å²) in [6.45, 7) is -0.595. The number of hydrogen-bond acceptors (Lipinski definition) is 7. The summed E-state index contributed by atoms with van der Waals surface area (Å²) in [4.78, 5) is 35.5. The lowest BCUT2D eigenvalue weighted by atomic mass is 10.2. The van der Waals surface area contributed by atoms with Crippen LogP contribution in [0.4, 0.5) is 11.4 Å². The van der Waals surface area contributed by atoms with Crippen molar-refractivity contribution < 1.29 is 27.5 Å². The number of nitrogens with one attached hydrogen (secondary N) is 2. The molecular formula is C20H17N3O6S2.